The molecule has 0 N–H and O–H groups in total. The molecule has 1 saturated heterocycles. The lowest BCUT2D eigenvalue weighted by Crippen LogP contribution is -2.34. The van der Waals surface area contributed by atoms with Crippen molar-refractivity contribution in [2.75, 3.05) is 38.5 Å². The van der Waals surface area contributed by atoms with Crippen molar-refractivity contribution in [2.45, 2.75) is 6.04 Å². The summed E-state index contributed by atoms with van der Waals surface area (Å²) in [7, 11) is -0.610. The molecule has 1 unspecified atom stereocenters. The highest BCUT2D eigenvalue weighted by Crippen LogP contribution is 2.26. The number of methoxy groups -OCH3 is 1. The summed E-state index contributed by atoms with van der Waals surface area (Å²) in [4.78, 5) is 19.1. The molecule has 23 heavy (non-hydrogen) atoms. The molecule has 2 amide bonds. The van der Waals surface area contributed by atoms with Crippen LogP contribution >= 0.6 is 0 Å². The smallest absolute Gasteiger partial charge is 0.325 e. The van der Waals surface area contributed by atoms with Crippen LogP contribution in [0.25, 0.3) is 0 Å². The first-order chi connectivity index (χ1) is 10.8. The van der Waals surface area contributed by atoms with Gasteiger partial charge in [-0.15, -0.1) is 0 Å². The van der Waals surface area contributed by atoms with Gasteiger partial charge in [0, 0.05) is 13.1 Å². The van der Waals surface area contributed by atoms with Crippen LogP contribution in [-0.2, 0) is 14.3 Å². The van der Waals surface area contributed by atoms with E-state index in [2.05, 4.69) is 4.98 Å². The van der Waals surface area contributed by atoms with E-state index in [1.165, 1.54) is 29.2 Å². The molecule has 2 rings (SSSR count). The summed E-state index contributed by atoms with van der Waals surface area (Å²) < 4.78 is 32.0. The minimum absolute atomic E-state index is 0.134. The maximum Gasteiger partial charge on any atom is 0.325 e. The number of pyridine rings is 1. The summed E-state index contributed by atoms with van der Waals surface area (Å²) in [6.45, 7) is 0.0812. The second-order valence-corrected chi connectivity index (χ2v) is 6.65. The third-order valence-corrected chi connectivity index (χ3v) is 3.98. The van der Waals surface area contributed by atoms with Gasteiger partial charge in [-0.25, -0.2) is 9.78 Å². The van der Waals surface area contributed by atoms with E-state index in [-0.39, 0.29) is 24.7 Å². The molecule has 1 atom stereocenters. The van der Waals surface area contributed by atoms with Gasteiger partial charge in [0.1, 0.15) is 23.2 Å². The summed E-state index contributed by atoms with van der Waals surface area (Å²) in [5.74, 6) is 0.628. The summed E-state index contributed by atoms with van der Waals surface area (Å²) in [6, 6.07) is 2.66. The number of hydrogen-bond acceptors (Lipinski definition) is 7. The first-order valence-corrected chi connectivity index (χ1v) is 8.41. The van der Waals surface area contributed by atoms with E-state index in [4.69, 9.17) is 14.2 Å². The van der Waals surface area contributed by atoms with Crippen molar-refractivity contribution in [1.29, 1.82) is 5.26 Å². The van der Waals surface area contributed by atoms with Gasteiger partial charge in [-0.1, -0.05) is 0 Å². The molecule has 0 spiro atoms. The van der Waals surface area contributed by atoms with Crippen LogP contribution in [0.5, 0.6) is 5.75 Å². The van der Waals surface area contributed by atoms with E-state index < -0.39 is 16.2 Å². The normalized spacial score (nSPS) is 18.2. The van der Waals surface area contributed by atoms with Gasteiger partial charge in [0.25, 0.3) is 10.1 Å². The predicted octanol–water partition coefficient (Wildman–Crippen LogP) is 0.178. The van der Waals surface area contributed by atoms with Crippen molar-refractivity contribution in [2.24, 2.45) is 0 Å². The Morgan fingerprint density at radius 1 is 1.52 bits per heavy atom. The molecule has 1 aromatic rings. The fourth-order valence-electron chi connectivity index (χ4n) is 2.14. The third-order valence-electron chi connectivity index (χ3n) is 3.42. The van der Waals surface area contributed by atoms with Crippen LogP contribution in [0, 0.1) is 11.3 Å². The van der Waals surface area contributed by atoms with E-state index in [9.17, 15) is 13.2 Å². The molecule has 2 heterocycles. The first-order valence-electron chi connectivity index (χ1n) is 6.59. The van der Waals surface area contributed by atoms with Gasteiger partial charge in [-0.3, -0.25) is 9.08 Å². The van der Waals surface area contributed by atoms with Gasteiger partial charge in [0.15, 0.2) is 0 Å². The molecule has 0 aromatic carbocycles. The number of urea groups is 1. The lowest BCUT2D eigenvalue weighted by atomic mass is 10.2. The van der Waals surface area contributed by atoms with Crippen LogP contribution in [-0.4, -0.2) is 63.9 Å². The number of rotatable bonds is 5. The van der Waals surface area contributed by atoms with Crippen molar-refractivity contribution in [3.05, 3.63) is 17.8 Å². The number of carbonyl (C=O) groups is 1. The summed E-state index contributed by atoms with van der Waals surface area (Å²) in [5.41, 5.74) is 0.258. The highest BCUT2D eigenvalue weighted by molar-refractivity contribution is 7.85. The number of nitrogens with zero attached hydrogens (tertiary/aromatic N) is 4. The molecule has 124 valence electrons. The molecule has 10 heteroatoms. The molecular formula is C13H16N4O5S. The molecular weight excluding hydrogens is 324 g/mol. The maximum atomic E-state index is 12.3. The SMILES string of the molecule is COc1cc(N2CC(COS(C)(=O)=O)N(C)C2=O)ncc1C#N. The Morgan fingerprint density at radius 2 is 2.22 bits per heavy atom. The van der Waals surface area contributed by atoms with E-state index in [0.29, 0.717) is 11.6 Å². The fourth-order valence-corrected chi connectivity index (χ4v) is 2.55. The maximum absolute atomic E-state index is 12.3. The molecule has 0 radical (unpaired) electrons. The molecule has 9 nitrogen and oxygen atoms in total. The summed E-state index contributed by atoms with van der Waals surface area (Å²) in [6.07, 6.45) is 2.27. The quantitative estimate of drug-likeness (QED) is 0.702. The highest BCUT2D eigenvalue weighted by atomic mass is 32.2. The van der Waals surface area contributed by atoms with Crippen molar-refractivity contribution in [3.63, 3.8) is 0 Å². The van der Waals surface area contributed by atoms with Gasteiger partial charge in [0.2, 0.25) is 0 Å². The van der Waals surface area contributed by atoms with Crippen molar-refractivity contribution in [3.8, 4) is 11.8 Å². The summed E-state index contributed by atoms with van der Waals surface area (Å²) in [5, 5.41) is 8.96. The molecule has 0 aliphatic carbocycles. The van der Waals surface area contributed by atoms with Crippen LogP contribution in [0.15, 0.2) is 12.3 Å². The average Bonchev–Trinajstić information content (AvgIpc) is 2.79. The van der Waals surface area contributed by atoms with Gasteiger partial charge < -0.3 is 9.64 Å². The number of likely N-dealkylation sites (N-methyl/N-ethyl adjacent to an activating group) is 1. The Balaban J connectivity index is 2.21. The number of aromatic nitrogens is 1. The van der Waals surface area contributed by atoms with Gasteiger partial charge in [-0.05, 0) is 0 Å². The molecule has 0 saturated carbocycles. The number of hydrogen-bond donors (Lipinski definition) is 0. The van der Waals surface area contributed by atoms with Crippen molar-refractivity contribution < 1.29 is 22.1 Å². The zero-order chi connectivity index (χ0) is 17.2. The van der Waals surface area contributed by atoms with Crippen molar-refractivity contribution in [1.82, 2.24) is 9.88 Å². The van der Waals surface area contributed by atoms with Crippen LogP contribution in [0.2, 0.25) is 0 Å². The topological polar surface area (TPSA) is 113 Å². The predicted molar refractivity (Wildman–Crippen MR) is 80.6 cm³/mol. The Kier molecular flexibility index (Phi) is 4.72. The first kappa shape index (κ1) is 17.0. The Hall–Kier alpha value is -2.38. The number of anilines is 1. The lowest BCUT2D eigenvalue weighted by Gasteiger charge is -2.16. The van der Waals surface area contributed by atoms with Crippen LogP contribution in [0.4, 0.5) is 10.6 Å². The van der Waals surface area contributed by atoms with Crippen LogP contribution < -0.4 is 9.64 Å². The Morgan fingerprint density at radius 3 is 2.78 bits per heavy atom. The number of amides is 2. The Bertz CT molecular complexity index is 758. The van der Waals surface area contributed by atoms with Gasteiger partial charge in [0.05, 0.1) is 38.8 Å². The third kappa shape index (κ3) is 3.69. The van der Waals surface area contributed by atoms with Crippen molar-refractivity contribution >= 4 is 22.0 Å². The number of ether oxygens (including phenoxy) is 1. The molecule has 0 bridgehead atoms. The minimum Gasteiger partial charge on any atom is -0.495 e. The molecule has 1 aliphatic heterocycles. The number of nitriles is 1. The second kappa shape index (κ2) is 6.39. The zero-order valence-electron chi connectivity index (χ0n) is 12.9. The van der Waals surface area contributed by atoms with Gasteiger partial charge in [-0.2, -0.15) is 13.7 Å². The second-order valence-electron chi connectivity index (χ2n) is 5.00. The molecule has 1 fully saturated rings. The fraction of sp³-hybridized carbons (Fsp3) is 0.462. The minimum atomic E-state index is -3.58. The number of carbonyl (C=O) groups excluding carboxylic acids is 1. The average molecular weight is 340 g/mol. The van der Waals surface area contributed by atoms with E-state index in [1.807, 2.05) is 6.07 Å². The standard InChI is InChI=1S/C13H16N4O5S/c1-16-10(8-22-23(3,19)20)7-17(13(16)18)12-4-11(21-2)9(5-14)6-15-12/h4,6,10H,7-8H2,1-3H3. The summed E-state index contributed by atoms with van der Waals surface area (Å²) >= 11 is 0. The zero-order valence-corrected chi connectivity index (χ0v) is 13.7. The Labute approximate surface area is 134 Å². The van der Waals surface area contributed by atoms with Crippen LogP contribution in [0.1, 0.15) is 5.56 Å². The molecule has 1 aliphatic rings. The largest absolute Gasteiger partial charge is 0.495 e. The van der Waals surface area contributed by atoms with Crippen LogP contribution in [0.3, 0.4) is 0 Å². The highest BCUT2D eigenvalue weighted by Gasteiger charge is 2.37. The van der Waals surface area contributed by atoms with Gasteiger partial charge >= 0.3 is 6.03 Å². The van der Waals surface area contributed by atoms with E-state index in [0.717, 1.165) is 6.26 Å². The molecule has 1 aromatic heterocycles. The lowest BCUT2D eigenvalue weighted by molar-refractivity contribution is 0.194. The van der Waals surface area contributed by atoms with E-state index >= 15 is 0 Å². The van der Waals surface area contributed by atoms with E-state index in [1.54, 1.807) is 7.05 Å². The monoisotopic (exact) mass is 340 g/mol.